The zero-order valence-corrected chi connectivity index (χ0v) is 9.21. The van der Waals surface area contributed by atoms with Crippen LogP contribution in [0.2, 0.25) is 0 Å². The summed E-state index contributed by atoms with van der Waals surface area (Å²) in [5.74, 6) is -0.807. The van der Waals surface area contributed by atoms with Gasteiger partial charge in [-0.1, -0.05) is 0 Å². The Morgan fingerprint density at radius 1 is 1.62 bits per heavy atom. The summed E-state index contributed by atoms with van der Waals surface area (Å²) >= 11 is 0. The van der Waals surface area contributed by atoms with Gasteiger partial charge in [-0.25, -0.2) is 4.98 Å². The first-order valence-electron chi connectivity index (χ1n) is 4.86. The summed E-state index contributed by atoms with van der Waals surface area (Å²) in [5, 5.41) is 8.60. The van der Waals surface area contributed by atoms with E-state index in [1.807, 2.05) is 0 Å². The molecule has 88 valence electrons. The van der Waals surface area contributed by atoms with Gasteiger partial charge in [0, 0.05) is 13.1 Å². The molecule has 1 heterocycles. The van der Waals surface area contributed by atoms with E-state index in [1.54, 1.807) is 14.0 Å². The fourth-order valence-electron chi connectivity index (χ4n) is 1.23. The lowest BCUT2D eigenvalue weighted by atomic mass is 10.2. The SMILES string of the molecule is CC(CC(=O)O)N(C)C(=O)Cc1ncco1. The molecule has 0 radical (unpaired) electrons. The molecule has 1 aromatic rings. The molecular weight excluding hydrogens is 212 g/mol. The van der Waals surface area contributed by atoms with Crippen LogP contribution in [0.4, 0.5) is 0 Å². The van der Waals surface area contributed by atoms with E-state index >= 15 is 0 Å². The third-order valence-corrected chi connectivity index (χ3v) is 2.31. The van der Waals surface area contributed by atoms with Crippen LogP contribution in [0.15, 0.2) is 16.9 Å². The van der Waals surface area contributed by atoms with Crippen molar-refractivity contribution in [2.24, 2.45) is 0 Å². The first-order valence-corrected chi connectivity index (χ1v) is 4.86. The van der Waals surface area contributed by atoms with Gasteiger partial charge in [-0.3, -0.25) is 9.59 Å². The monoisotopic (exact) mass is 226 g/mol. The Labute approximate surface area is 92.9 Å². The van der Waals surface area contributed by atoms with Crippen molar-refractivity contribution in [2.75, 3.05) is 7.05 Å². The van der Waals surface area contributed by atoms with Gasteiger partial charge in [-0.15, -0.1) is 0 Å². The second-order valence-corrected chi connectivity index (χ2v) is 3.55. The second kappa shape index (κ2) is 5.29. The van der Waals surface area contributed by atoms with Crippen LogP contribution in [-0.2, 0) is 16.0 Å². The molecule has 16 heavy (non-hydrogen) atoms. The van der Waals surface area contributed by atoms with Gasteiger partial charge in [0.1, 0.15) is 12.7 Å². The van der Waals surface area contributed by atoms with Crippen molar-refractivity contribution in [2.45, 2.75) is 25.8 Å². The summed E-state index contributed by atoms with van der Waals surface area (Å²) in [6.07, 6.45) is 2.83. The number of carboxylic acid groups (broad SMARTS) is 1. The third-order valence-electron chi connectivity index (χ3n) is 2.31. The Bertz CT molecular complexity index is 361. The van der Waals surface area contributed by atoms with E-state index in [0.717, 1.165) is 0 Å². The minimum atomic E-state index is -0.928. The maximum Gasteiger partial charge on any atom is 0.305 e. The fraction of sp³-hybridized carbons (Fsp3) is 0.500. The lowest BCUT2D eigenvalue weighted by Gasteiger charge is -2.23. The number of hydrogen-bond acceptors (Lipinski definition) is 4. The predicted molar refractivity (Wildman–Crippen MR) is 54.7 cm³/mol. The number of carbonyl (C=O) groups is 2. The second-order valence-electron chi connectivity index (χ2n) is 3.55. The topological polar surface area (TPSA) is 83.6 Å². The molecule has 0 aliphatic rings. The van der Waals surface area contributed by atoms with Crippen molar-refractivity contribution in [3.63, 3.8) is 0 Å². The highest BCUT2D eigenvalue weighted by Gasteiger charge is 2.19. The predicted octanol–water partition coefficient (Wildman–Crippen LogP) is 0.539. The Morgan fingerprint density at radius 2 is 2.31 bits per heavy atom. The molecule has 1 N–H and O–H groups in total. The van der Waals surface area contributed by atoms with E-state index in [0.29, 0.717) is 5.89 Å². The lowest BCUT2D eigenvalue weighted by Crippen LogP contribution is -2.37. The van der Waals surface area contributed by atoms with Gasteiger partial charge >= 0.3 is 5.97 Å². The third kappa shape index (κ3) is 3.38. The average Bonchev–Trinajstić information content (AvgIpc) is 2.68. The Morgan fingerprint density at radius 3 is 2.81 bits per heavy atom. The highest BCUT2D eigenvalue weighted by Crippen LogP contribution is 2.05. The molecule has 1 aromatic heterocycles. The van der Waals surface area contributed by atoms with Crippen LogP contribution < -0.4 is 0 Å². The Balaban J connectivity index is 2.50. The van der Waals surface area contributed by atoms with Crippen LogP contribution in [0.5, 0.6) is 0 Å². The van der Waals surface area contributed by atoms with Crippen molar-refractivity contribution < 1.29 is 19.1 Å². The summed E-state index contributed by atoms with van der Waals surface area (Å²) < 4.78 is 4.94. The molecule has 0 saturated heterocycles. The van der Waals surface area contributed by atoms with E-state index < -0.39 is 5.97 Å². The molecule has 6 heteroatoms. The first kappa shape index (κ1) is 12.2. The van der Waals surface area contributed by atoms with E-state index in [4.69, 9.17) is 9.52 Å². The molecule has 0 aliphatic heterocycles. The summed E-state index contributed by atoms with van der Waals surface area (Å²) in [4.78, 5) is 27.4. The van der Waals surface area contributed by atoms with E-state index in [2.05, 4.69) is 4.98 Å². The summed E-state index contributed by atoms with van der Waals surface area (Å²) in [6.45, 7) is 1.68. The van der Waals surface area contributed by atoms with Crippen molar-refractivity contribution >= 4 is 11.9 Å². The molecular formula is C10H14N2O4. The van der Waals surface area contributed by atoms with Gasteiger partial charge in [0.15, 0.2) is 0 Å². The van der Waals surface area contributed by atoms with Crippen molar-refractivity contribution in [1.29, 1.82) is 0 Å². The normalized spacial score (nSPS) is 12.1. The number of carboxylic acids is 1. The minimum Gasteiger partial charge on any atom is -0.481 e. The van der Waals surface area contributed by atoms with E-state index in [1.165, 1.54) is 17.4 Å². The number of nitrogens with zero attached hydrogens (tertiary/aromatic N) is 2. The highest BCUT2D eigenvalue weighted by atomic mass is 16.4. The molecule has 1 rings (SSSR count). The molecule has 0 spiro atoms. The Kier molecular flexibility index (Phi) is 4.04. The van der Waals surface area contributed by atoms with Crippen molar-refractivity contribution in [1.82, 2.24) is 9.88 Å². The first-order chi connectivity index (χ1) is 7.50. The van der Waals surface area contributed by atoms with E-state index in [9.17, 15) is 9.59 Å². The average molecular weight is 226 g/mol. The van der Waals surface area contributed by atoms with Gasteiger partial charge in [0.2, 0.25) is 11.8 Å². The van der Waals surface area contributed by atoms with E-state index in [-0.39, 0.29) is 24.8 Å². The van der Waals surface area contributed by atoms with Crippen LogP contribution in [0.1, 0.15) is 19.2 Å². The Hall–Kier alpha value is -1.85. The van der Waals surface area contributed by atoms with Crippen LogP contribution in [0, 0.1) is 0 Å². The zero-order chi connectivity index (χ0) is 12.1. The van der Waals surface area contributed by atoms with Gasteiger partial charge < -0.3 is 14.4 Å². The molecule has 0 bridgehead atoms. The van der Waals surface area contributed by atoms with Crippen LogP contribution in [0.25, 0.3) is 0 Å². The smallest absolute Gasteiger partial charge is 0.305 e. The summed E-state index contributed by atoms with van der Waals surface area (Å²) in [7, 11) is 1.57. The number of hydrogen-bond donors (Lipinski definition) is 1. The maximum absolute atomic E-state index is 11.7. The van der Waals surface area contributed by atoms with Crippen LogP contribution in [-0.4, -0.2) is 40.0 Å². The van der Waals surface area contributed by atoms with Crippen molar-refractivity contribution in [3.05, 3.63) is 18.4 Å². The zero-order valence-electron chi connectivity index (χ0n) is 9.21. The van der Waals surface area contributed by atoms with Gasteiger partial charge in [-0.05, 0) is 6.92 Å². The fourth-order valence-corrected chi connectivity index (χ4v) is 1.23. The number of carbonyl (C=O) groups excluding carboxylic acids is 1. The molecule has 6 nitrogen and oxygen atoms in total. The van der Waals surface area contributed by atoms with Gasteiger partial charge in [-0.2, -0.15) is 0 Å². The molecule has 0 aliphatic carbocycles. The number of aromatic nitrogens is 1. The van der Waals surface area contributed by atoms with Crippen LogP contribution >= 0.6 is 0 Å². The molecule has 0 saturated carbocycles. The molecule has 1 amide bonds. The molecule has 0 fully saturated rings. The summed E-state index contributed by atoms with van der Waals surface area (Å²) in [5.41, 5.74) is 0. The van der Waals surface area contributed by atoms with Crippen molar-refractivity contribution in [3.8, 4) is 0 Å². The number of rotatable bonds is 5. The molecule has 0 aromatic carbocycles. The minimum absolute atomic E-state index is 0.0491. The number of amides is 1. The van der Waals surface area contributed by atoms with Gasteiger partial charge in [0.25, 0.3) is 0 Å². The largest absolute Gasteiger partial charge is 0.481 e. The molecule has 1 unspecified atom stereocenters. The quantitative estimate of drug-likeness (QED) is 0.792. The van der Waals surface area contributed by atoms with Gasteiger partial charge in [0.05, 0.1) is 12.6 Å². The van der Waals surface area contributed by atoms with Crippen LogP contribution in [0.3, 0.4) is 0 Å². The number of aliphatic carboxylic acids is 1. The summed E-state index contributed by atoms with van der Waals surface area (Å²) in [6, 6.07) is -0.347. The molecule has 1 atom stereocenters. The highest BCUT2D eigenvalue weighted by molar-refractivity contribution is 5.78. The number of oxazole rings is 1. The number of likely N-dealkylation sites (N-methyl/N-ethyl adjacent to an activating group) is 1. The standard InChI is InChI=1S/C10H14N2O4/c1-7(5-10(14)15)12(2)9(13)6-8-11-3-4-16-8/h3-4,7H,5-6H2,1-2H3,(H,14,15). The lowest BCUT2D eigenvalue weighted by molar-refractivity contribution is -0.139. The maximum atomic E-state index is 11.7.